The van der Waals surface area contributed by atoms with E-state index < -0.39 is 0 Å². The number of amides is 2. The van der Waals surface area contributed by atoms with Gasteiger partial charge in [-0.1, -0.05) is 18.6 Å². The summed E-state index contributed by atoms with van der Waals surface area (Å²) in [6, 6.07) is 8.55. The lowest BCUT2D eigenvalue weighted by atomic mass is 9.92. The highest BCUT2D eigenvalue weighted by Gasteiger charge is 2.37. The maximum Gasteiger partial charge on any atom is 0.317 e. The van der Waals surface area contributed by atoms with Gasteiger partial charge in [0, 0.05) is 19.1 Å². The summed E-state index contributed by atoms with van der Waals surface area (Å²) in [6.45, 7) is 1.43. The number of nitrogens with one attached hydrogen (secondary N) is 1. The van der Waals surface area contributed by atoms with Gasteiger partial charge in [0.1, 0.15) is 12.7 Å². The van der Waals surface area contributed by atoms with E-state index in [1.807, 2.05) is 24.3 Å². The second kappa shape index (κ2) is 6.63. The number of urea groups is 1. The van der Waals surface area contributed by atoms with Gasteiger partial charge in [-0.05, 0) is 49.3 Å². The maximum absolute atomic E-state index is 12.6. The van der Waals surface area contributed by atoms with E-state index in [1.54, 1.807) is 11.0 Å². The van der Waals surface area contributed by atoms with E-state index in [1.165, 1.54) is 32.0 Å². The van der Waals surface area contributed by atoms with Crippen molar-refractivity contribution in [2.24, 2.45) is 5.92 Å². The molecule has 0 spiro atoms. The summed E-state index contributed by atoms with van der Waals surface area (Å²) in [5, 5.41) is 7.24. The van der Waals surface area contributed by atoms with Gasteiger partial charge >= 0.3 is 6.03 Å². The molecule has 1 aromatic carbocycles. The molecule has 0 radical (unpaired) electrons. The quantitative estimate of drug-likeness (QED) is 0.944. The van der Waals surface area contributed by atoms with Gasteiger partial charge < -0.3 is 10.2 Å². The highest BCUT2D eigenvalue weighted by molar-refractivity contribution is 5.74. The smallest absolute Gasteiger partial charge is 0.317 e. The minimum Gasteiger partial charge on any atom is -0.334 e. The summed E-state index contributed by atoms with van der Waals surface area (Å²) in [7, 11) is 0. The zero-order valence-corrected chi connectivity index (χ0v) is 13.8. The van der Waals surface area contributed by atoms with Gasteiger partial charge in [-0.3, -0.25) is 0 Å². The second-order valence-corrected chi connectivity index (χ2v) is 6.76. The van der Waals surface area contributed by atoms with Crippen LogP contribution in [0.2, 0.25) is 0 Å². The SMILES string of the molecule is O=C(NCc1cccc(-n2cncn2)c1)N1CCC[C@@H]2CCC[C@H]21. The van der Waals surface area contributed by atoms with Gasteiger partial charge in [0.25, 0.3) is 0 Å². The highest BCUT2D eigenvalue weighted by Crippen LogP contribution is 2.36. The molecule has 6 heteroatoms. The third-order valence-corrected chi connectivity index (χ3v) is 5.29. The van der Waals surface area contributed by atoms with Crippen molar-refractivity contribution in [1.29, 1.82) is 0 Å². The molecule has 1 aliphatic carbocycles. The van der Waals surface area contributed by atoms with Gasteiger partial charge in [0.15, 0.2) is 0 Å². The van der Waals surface area contributed by atoms with E-state index in [2.05, 4.69) is 20.3 Å². The summed E-state index contributed by atoms with van der Waals surface area (Å²) in [5.74, 6) is 0.722. The largest absolute Gasteiger partial charge is 0.334 e. The van der Waals surface area contributed by atoms with E-state index in [4.69, 9.17) is 0 Å². The fourth-order valence-corrected chi connectivity index (χ4v) is 4.14. The molecule has 2 aromatic rings. The van der Waals surface area contributed by atoms with Crippen molar-refractivity contribution in [3.8, 4) is 5.69 Å². The molecule has 1 saturated carbocycles. The first-order valence-corrected chi connectivity index (χ1v) is 8.80. The molecule has 2 amide bonds. The average molecular weight is 325 g/mol. The Kier molecular flexibility index (Phi) is 4.19. The van der Waals surface area contributed by atoms with Crippen LogP contribution in [0.5, 0.6) is 0 Å². The number of carbonyl (C=O) groups excluding carboxylic acids is 1. The van der Waals surface area contributed by atoms with Gasteiger partial charge in [0.2, 0.25) is 0 Å². The minimum absolute atomic E-state index is 0.0813. The van der Waals surface area contributed by atoms with Crippen molar-refractivity contribution >= 4 is 6.03 Å². The van der Waals surface area contributed by atoms with Crippen LogP contribution in [0.25, 0.3) is 5.69 Å². The maximum atomic E-state index is 12.6. The lowest BCUT2D eigenvalue weighted by Gasteiger charge is -2.37. The molecule has 4 rings (SSSR count). The van der Waals surface area contributed by atoms with Crippen LogP contribution in [-0.2, 0) is 6.54 Å². The van der Waals surface area contributed by atoms with Crippen molar-refractivity contribution < 1.29 is 4.79 Å². The molecule has 24 heavy (non-hydrogen) atoms. The Morgan fingerprint density at radius 3 is 3.04 bits per heavy atom. The van der Waals surface area contributed by atoms with Gasteiger partial charge in [0.05, 0.1) is 5.69 Å². The van der Waals surface area contributed by atoms with Gasteiger partial charge in [-0.15, -0.1) is 0 Å². The van der Waals surface area contributed by atoms with Gasteiger partial charge in [-0.25, -0.2) is 14.5 Å². The van der Waals surface area contributed by atoms with E-state index in [0.717, 1.165) is 30.1 Å². The first kappa shape index (κ1) is 15.2. The van der Waals surface area contributed by atoms with Crippen molar-refractivity contribution in [1.82, 2.24) is 25.0 Å². The molecule has 1 N–H and O–H groups in total. The van der Waals surface area contributed by atoms with Crippen LogP contribution in [-0.4, -0.2) is 38.3 Å². The lowest BCUT2D eigenvalue weighted by Crippen LogP contribution is -2.50. The molecular formula is C18H23N5O. The third-order valence-electron chi connectivity index (χ3n) is 5.29. The summed E-state index contributed by atoms with van der Waals surface area (Å²) < 4.78 is 1.72. The minimum atomic E-state index is 0.0813. The molecule has 2 atom stereocenters. The topological polar surface area (TPSA) is 63.1 Å². The Bertz CT molecular complexity index is 699. The number of piperidine rings is 1. The molecule has 0 bridgehead atoms. The predicted octanol–water partition coefficient (Wildman–Crippen LogP) is 2.74. The molecule has 2 aliphatic rings. The third kappa shape index (κ3) is 3.00. The Morgan fingerprint density at radius 2 is 2.17 bits per heavy atom. The summed E-state index contributed by atoms with van der Waals surface area (Å²) in [5.41, 5.74) is 2.02. The molecule has 126 valence electrons. The number of nitrogens with zero attached hydrogens (tertiary/aromatic N) is 4. The standard InChI is InChI=1S/C18H23N5O/c24-18(22-9-3-6-15-5-2-8-17(15)22)20-11-14-4-1-7-16(10-14)23-13-19-12-21-23/h1,4,7,10,12-13,15,17H,2-3,5-6,8-9,11H2,(H,20,24)/t15-,17+/m0/s1. The highest BCUT2D eigenvalue weighted by atomic mass is 16.2. The number of hydrogen-bond acceptors (Lipinski definition) is 3. The normalized spacial score (nSPS) is 23.1. The molecule has 2 heterocycles. The Balaban J connectivity index is 1.40. The number of benzene rings is 1. The number of aromatic nitrogens is 3. The van der Waals surface area contributed by atoms with E-state index in [9.17, 15) is 4.79 Å². The molecule has 1 aromatic heterocycles. The summed E-state index contributed by atoms with van der Waals surface area (Å²) >= 11 is 0. The zero-order chi connectivity index (χ0) is 16.4. The van der Waals surface area contributed by atoms with E-state index in [-0.39, 0.29) is 6.03 Å². The summed E-state index contributed by atoms with van der Waals surface area (Å²) in [4.78, 5) is 18.7. The molecule has 2 fully saturated rings. The number of rotatable bonds is 3. The van der Waals surface area contributed by atoms with Gasteiger partial charge in [-0.2, -0.15) is 5.10 Å². The number of hydrogen-bond donors (Lipinski definition) is 1. The summed E-state index contributed by atoms with van der Waals surface area (Å²) in [6.07, 6.45) is 9.33. The molecular weight excluding hydrogens is 302 g/mol. The molecule has 0 unspecified atom stereocenters. The van der Waals surface area contributed by atoms with E-state index >= 15 is 0 Å². The first-order valence-electron chi connectivity index (χ1n) is 8.80. The van der Waals surface area contributed by atoms with Crippen LogP contribution in [0, 0.1) is 5.92 Å². The van der Waals surface area contributed by atoms with Crippen molar-refractivity contribution in [2.75, 3.05) is 6.54 Å². The number of fused-ring (bicyclic) bond motifs is 1. The number of likely N-dealkylation sites (tertiary alicyclic amines) is 1. The van der Waals surface area contributed by atoms with Crippen LogP contribution in [0.3, 0.4) is 0 Å². The van der Waals surface area contributed by atoms with Crippen molar-refractivity contribution in [3.63, 3.8) is 0 Å². The van der Waals surface area contributed by atoms with Crippen LogP contribution < -0.4 is 5.32 Å². The second-order valence-electron chi connectivity index (χ2n) is 6.76. The zero-order valence-electron chi connectivity index (χ0n) is 13.8. The van der Waals surface area contributed by atoms with Crippen LogP contribution in [0.15, 0.2) is 36.9 Å². The average Bonchev–Trinajstić information content (AvgIpc) is 3.30. The monoisotopic (exact) mass is 325 g/mol. The Morgan fingerprint density at radius 1 is 1.25 bits per heavy atom. The Labute approximate surface area is 141 Å². The molecule has 1 saturated heterocycles. The Hall–Kier alpha value is -2.37. The fraction of sp³-hybridized carbons (Fsp3) is 0.500. The van der Waals surface area contributed by atoms with E-state index in [0.29, 0.717) is 12.6 Å². The van der Waals surface area contributed by atoms with Crippen LogP contribution in [0.1, 0.15) is 37.7 Å². The van der Waals surface area contributed by atoms with Crippen LogP contribution in [0.4, 0.5) is 4.79 Å². The molecule has 6 nitrogen and oxygen atoms in total. The van der Waals surface area contributed by atoms with Crippen molar-refractivity contribution in [3.05, 3.63) is 42.5 Å². The first-order chi connectivity index (χ1) is 11.8. The van der Waals surface area contributed by atoms with Crippen LogP contribution >= 0.6 is 0 Å². The number of carbonyl (C=O) groups is 1. The van der Waals surface area contributed by atoms with Crippen molar-refractivity contribution in [2.45, 2.75) is 44.7 Å². The lowest BCUT2D eigenvalue weighted by molar-refractivity contribution is 0.128. The molecule has 1 aliphatic heterocycles. The fourth-order valence-electron chi connectivity index (χ4n) is 4.14. The predicted molar refractivity (Wildman–Crippen MR) is 90.7 cm³/mol.